The van der Waals surface area contributed by atoms with Crippen LogP contribution >= 0.6 is 11.5 Å². The minimum atomic E-state index is -1.13. The van der Waals surface area contributed by atoms with Gasteiger partial charge in [-0.3, -0.25) is 19.3 Å². The van der Waals surface area contributed by atoms with Gasteiger partial charge in [0.1, 0.15) is 16.4 Å². The molecule has 11 heteroatoms. The molecule has 37 heavy (non-hydrogen) atoms. The molecule has 3 aromatic rings. The Morgan fingerprint density at radius 2 is 1.95 bits per heavy atom. The highest BCUT2D eigenvalue weighted by atomic mass is 32.1. The van der Waals surface area contributed by atoms with Crippen LogP contribution in [0.3, 0.4) is 0 Å². The highest BCUT2D eigenvalue weighted by Gasteiger charge is 2.38. The van der Waals surface area contributed by atoms with E-state index in [1.165, 1.54) is 11.2 Å². The molecule has 196 valence electrons. The fourth-order valence-corrected chi connectivity index (χ4v) is 5.07. The monoisotopic (exact) mass is 525 g/mol. The Hall–Kier alpha value is -3.86. The van der Waals surface area contributed by atoms with E-state index < -0.39 is 17.9 Å². The van der Waals surface area contributed by atoms with Gasteiger partial charge in [-0.2, -0.15) is 4.37 Å². The van der Waals surface area contributed by atoms with E-state index in [-0.39, 0.29) is 34.0 Å². The first-order valence-electron chi connectivity index (χ1n) is 12.4. The van der Waals surface area contributed by atoms with Crippen LogP contribution in [0.4, 0.5) is 11.4 Å². The fourth-order valence-electron chi connectivity index (χ4n) is 4.33. The number of nitrogen functional groups attached to an aromatic ring is 1. The van der Waals surface area contributed by atoms with E-state index in [0.717, 1.165) is 50.1 Å². The molecule has 10 nitrogen and oxygen atoms in total. The third kappa shape index (κ3) is 5.93. The number of benzene rings is 1. The van der Waals surface area contributed by atoms with E-state index in [0.29, 0.717) is 18.0 Å². The van der Waals surface area contributed by atoms with Gasteiger partial charge in [0.25, 0.3) is 17.7 Å². The zero-order valence-corrected chi connectivity index (χ0v) is 21.5. The molecule has 1 aliphatic carbocycles. The summed E-state index contributed by atoms with van der Waals surface area (Å²) in [5.74, 6) is -0.899. The second kappa shape index (κ2) is 11.9. The van der Waals surface area contributed by atoms with Crippen LogP contribution in [-0.2, 0) is 4.79 Å². The maximum Gasteiger partial charge on any atom is 0.273 e. The van der Waals surface area contributed by atoms with Crippen molar-refractivity contribution in [2.75, 3.05) is 17.2 Å². The molecular weight excluding hydrogens is 494 g/mol. The van der Waals surface area contributed by atoms with Crippen molar-refractivity contribution >= 4 is 40.6 Å². The van der Waals surface area contributed by atoms with Gasteiger partial charge in [0.2, 0.25) is 0 Å². The zero-order chi connectivity index (χ0) is 26.4. The molecule has 3 amide bonds. The summed E-state index contributed by atoms with van der Waals surface area (Å²) >= 11 is 0.758. The van der Waals surface area contributed by atoms with E-state index in [4.69, 9.17) is 20.6 Å². The van der Waals surface area contributed by atoms with Crippen molar-refractivity contribution in [2.24, 2.45) is 5.73 Å². The number of aromatic nitrogens is 1. The standard InChI is InChI=1S/C26H31N5O5S/c1-2-3-14-35-18-12-10-17(11-13-18)31(26(34)23-20(27)21(24(28)32)30-37-23)22(19-9-6-15-36-19)25(33)29-16-7-4-5-8-16/h6,9-13,15-16,22H,2-5,7-8,14,27H2,1H3,(H2,28,32)(H,29,33). The van der Waals surface area contributed by atoms with Crippen molar-refractivity contribution < 1.29 is 23.5 Å². The quantitative estimate of drug-likeness (QED) is 0.319. The molecule has 2 aromatic heterocycles. The lowest BCUT2D eigenvalue weighted by Gasteiger charge is -2.30. The molecule has 4 rings (SSSR count). The van der Waals surface area contributed by atoms with Crippen molar-refractivity contribution in [3.63, 3.8) is 0 Å². The molecule has 0 aliphatic heterocycles. The molecule has 1 fully saturated rings. The molecular formula is C26H31N5O5S. The number of unbranched alkanes of at least 4 members (excludes halogenated alkanes) is 1. The Bertz CT molecular complexity index is 1220. The Kier molecular flexibility index (Phi) is 8.44. The van der Waals surface area contributed by atoms with Crippen molar-refractivity contribution in [3.8, 4) is 5.75 Å². The summed E-state index contributed by atoms with van der Waals surface area (Å²) in [4.78, 5) is 40.7. The van der Waals surface area contributed by atoms with Crippen LogP contribution < -0.4 is 26.4 Å². The van der Waals surface area contributed by atoms with Gasteiger partial charge in [-0.25, -0.2) is 0 Å². The van der Waals surface area contributed by atoms with E-state index >= 15 is 0 Å². The normalized spacial score (nSPS) is 14.3. The minimum absolute atomic E-state index is 0.00212. The summed E-state index contributed by atoms with van der Waals surface area (Å²) in [7, 11) is 0. The van der Waals surface area contributed by atoms with Crippen LogP contribution in [0.1, 0.15) is 77.4 Å². The summed E-state index contributed by atoms with van der Waals surface area (Å²) in [6.07, 6.45) is 7.19. The van der Waals surface area contributed by atoms with Gasteiger partial charge < -0.3 is 25.9 Å². The van der Waals surface area contributed by atoms with Crippen molar-refractivity contribution in [1.29, 1.82) is 0 Å². The number of carbonyl (C=O) groups is 3. The first-order valence-corrected chi connectivity index (χ1v) is 13.1. The Balaban J connectivity index is 1.75. The number of furan rings is 1. The molecule has 0 saturated heterocycles. The molecule has 1 unspecified atom stereocenters. The number of carbonyl (C=O) groups excluding carboxylic acids is 3. The van der Waals surface area contributed by atoms with Crippen LogP contribution in [0.15, 0.2) is 47.1 Å². The molecule has 1 aliphatic rings. The lowest BCUT2D eigenvalue weighted by molar-refractivity contribution is -0.123. The summed E-state index contributed by atoms with van der Waals surface area (Å²) in [5.41, 5.74) is 11.6. The van der Waals surface area contributed by atoms with Crippen LogP contribution in [0.5, 0.6) is 5.75 Å². The smallest absolute Gasteiger partial charge is 0.273 e. The number of rotatable bonds is 11. The summed E-state index contributed by atoms with van der Waals surface area (Å²) in [6.45, 7) is 2.65. The number of hydrogen-bond acceptors (Lipinski definition) is 8. The third-order valence-electron chi connectivity index (χ3n) is 6.28. The second-order valence-electron chi connectivity index (χ2n) is 8.92. The minimum Gasteiger partial charge on any atom is -0.494 e. The predicted molar refractivity (Wildman–Crippen MR) is 141 cm³/mol. The number of hydrogen-bond donors (Lipinski definition) is 3. The van der Waals surface area contributed by atoms with Crippen molar-refractivity contribution in [3.05, 3.63) is 59.0 Å². The molecule has 5 N–H and O–H groups in total. The molecule has 1 atom stereocenters. The number of amides is 3. The first kappa shape index (κ1) is 26.2. The molecule has 2 heterocycles. The van der Waals surface area contributed by atoms with Gasteiger partial charge in [-0.05, 0) is 67.2 Å². The molecule has 0 bridgehead atoms. The molecule has 0 spiro atoms. The largest absolute Gasteiger partial charge is 0.494 e. The lowest BCUT2D eigenvalue weighted by Crippen LogP contribution is -2.46. The molecule has 0 radical (unpaired) electrons. The second-order valence-corrected chi connectivity index (χ2v) is 9.69. The molecule has 1 aromatic carbocycles. The van der Waals surface area contributed by atoms with Crippen LogP contribution in [-0.4, -0.2) is 34.7 Å². The van der Waals surface area contributed by atoms with E-state index in [2.05, 4.69) is 16.6 Å². The van der Waals surface area contributed by atoms with Gasteiger partial charge in [0, 0.05) is 11.7 Å². The fraction of sp³-hybridized carbons (Fsp3) is 0.385. The van der Waals surface area contributed by atoms with E-state index in [1.807, 2.05) is 0 Å². The lowest BCUT2D eigenvalue weighted by atomic mass is 10.1. The number of nitrogens with one attached hydrogen (secondary N) is 1. The first-order chi connectivity index (χ1) is 17.9. The van der Waals surface area contributed by atoms with Gasteiger partial charge in [-0.1, -0.05) is 26.2 Å². The Morgan fingerprint density at radius 1 is 1.22 bits per heavy atom. The maximum absolute atomic E-state index is 14.0. The number of nitrogens with two attached hydrogens (primary N) is 2. The highest BCUT2D eigenvalue weighted by Crippen LogP contribution is 2.34. The number of nitrogens with zero attached hydrogens (tertiary/aromatic N) is 2. The topological polar surface area (TPSA) is 154 Å². The van der Waals surface area contributed by atoms with Crippen molar-refractivity contribution in [2.45, 2.75) is 57.5 Å². The van der Waals surface area contributed by atoms with Crippen LogP contribution in [0.25, 0.3) is 0 Å². The summed E-state index contributed by atoms with van der Waals surface area (Å²) in [5, 5.41) is 3.07. The number of primary amides is 1. The number of ether oxygens (including phenoxy) is 1. The summed E-state index contributed by atoms with van der Waals surface area (Å²) in [6, 6.07) is 9.07. The maximum atomic E-state index is 14.0. The third-order valence-corrected chi connectivity index (χ3v) is 7.13. The predicted octanol–water partition coefficient (Wildman–Crippen LogP) is 4.04. The van der Waals surface area contributed by atoms with E-state index in [1.54, 1.807) is 36.4 Å². The SMILES string of the molecule is CCCCOc1ccc(N(C(=O)c2snc(C(N)=O)c2N)C(C(=O)NC2CCCC2)c2ccco2)cc1. The average molecular weight is 526 g/mol. The van der Waals surface area contributed by atoms with Crippen LogP contribution in [0.2, 0.25) is 0 Å². The van der Waals surface area contributed by atoms with Crippen molar-refractivity contribution in [1.82, 2.24) is 9.69 Å². The zero-order valence-electron chi connectivity index (χ0n) is 20.6. The van der Waals surface area contributed by atoms with Gasteiger partial charge in [-0.15, -0.1) is 0 Å². The van der Waals surface area contributed by atoms with Gasteiger partial charge in [0.15, 0.2) is 11.7 Å². The summed E-state index contributed by atoms with van der Waals surface area (Å²) < 4.78 is 15.4. The highest BCUT2D eigenvalue weighted by molar-refractivity contribution is 7.09. The Morgan fingerprint density at radius 3 is 2.54 bits per heavy atom. The van der Waals surface area contributed by atoms with Gasteiger partial charge >= 0.3 is 0 Å². The molecule has 1 saturated carbocycles. The average Bonchev–Trinajstić information content (AvgIpc) is 3.65. The van der Waals surface area contributed by atoms with Gasteiger partial charge in [0.05, 0.1) is 18.6 Å². The number of anilines is 2. The van der Waals surface area contributed by atoms with Crippen LogP contribution in [0, 0.1) is 0 Å². The Labute approximate surface area is 219 Å². The van der Waals surface area contributed by atoms with E-state index in [9.17, 15) is 14.4 Å².